The molecule has 10 heteroatoms. The molecule has 0 radical (unpaired) electrons. The highest BCUT2D eigenvalue weighted by Crippen LogP contribution is 2.33. The van der Waals surface area contributed by atoms with E-state index in [1.54, 1.807) is 19.3 Å². The molecule has 0 saturated carbocycles. The number of hydrogen-bond acceptors (Lipinski definition) is 6. The second-order valence-corrected chi connectivity index (χ2v) is 7.34. The number of anilines is 1. The Hall–Kier alpha value is -2.65. The summed E-state index contributed by atoms with van der Waals surface area (Å²) in [6, 6.07) is 3.08. The van der Waals surface area contributed by atoms with E-state index in [-0.39, 0.29) is 5.56 Å². The largest absolute Gasteiger partial charge is 0.374 e. The van der Waals surface area contributed by atoms with E-state index < -0.39 is 29.1 Å². The average Bonchev–Trinajstić information content (AvgIpc) is 2.73. The maximum Gasteiger partial charge on any atom is 0.255 e. The van der Waals surface area contributed by atoms with Crippen LogP contribution >= 0.6 is 11.6 Å². The third-order valence-electron chi connectivity index (χ3n) is 5.00. The van der Waals surface area contributed by atoms with E-state index in [1.165, 1.54) is 17.0 Å². The fourth-order valence-electron chi connectivity index (χ4n) is 3.46. The van der Waals surface area contributed by atoms with E-state index in [1.807, 2.05) is 4.90 Å². The van der Waals surface area contributed by atoms with Gasteiger partial charge in [-0.05, 0) is 18.2 Å². The highest BCUT2D eigenvalue weighted by molar-refractivity contribution is 6.22. The molecule has 2 aromatic rings. The van der Waals surface area contributed by atoms with Crippen molar-refractivity contribution in [2.75, 3.05) is 24.6 Å². The highest BCUT2D eigenvalue weighted by atomic mass is 35.5. The molecule has 1 fully saturated rings. The predicted octanol–water partition coefficient (Wildman–Crippen LogP) is 2.39. The van der Waals surface area contributed by atoms with Crippen molar-refractivity contribution in [3.63, 3.8) is 0 Å². The first-order chi connectivity index (χ1) is 13.9. The fourth-order valence-corrected chi connectivity index (χ4v) is 3.80. The highest BCUT2D eigenvalue weighted by Gasteiger charge is 2.35. The lowest BCUT2D eigenvalue weighted by Crippen LogP contribution is -2.49. The molecule has 7 nitrogen and oxygen atoms in total. The van der Waals surface area contributed by atoms with Crippen LogP contribution in [0.4, 0.5) is 14.7 Å². The number of alkyl halides is 1. The summed E-state index contributed by atoms with van der Waals surface area (Å²) < 4.78 is 34.4. The zero-order chi connectivity index (χ0) is 20.5. The molecule has 2 unspecified atom stereocenters. The van der Waals surface area contributed by atoms with Crippen LogP contribution in [0.5, 0.6) is 0 Å². The summed E-state index contributed by atoms with van der Waals surface area (Å²) in [5.41, 5.74) is 0.718. The standard InChI is InChI=1S/C19H18ClF2N5O2/c1-26-18(28)8-16(15-2-3-23-10-24-15)25-19(26)27-4-5-29-17(9-27)11-6-13(21)14(22)7-12(11)20/h2-3,6-8,10-12,17H,4-5,9H2,1H3/t11?,12?,17-/m0/s1. The van der Waals surface area contributed by atoms with Crippen LogP contribution < -0.4 is 10.5 Å². The molecule has 29 heavy (non-hydrogen) atoms. The number of ether oxygens (including phenoxy) is 1. The van der Waals surface area contributed by atoms with Crippen molar-refractivity contribution < 1.29 is 13.5 Å². The molecule has 1 aliphatic carbocycles. The van der Waals surface area contributed by atoms with Gasteiger partial charge in [-0.25, -0.2) is 23.7 Å². The van der Waals surface area contributed by atoms with Gasteiger partial charge >= 0.3 is 0 Å². The van der Waals surface area contributed by atoms with E-state index in [0.29, 0.717) is 37.0 Å². The Balaban J connectivity index is 1.64. The second kappa shape index (κ2) is 8.00. The molecular formula is C19H18ClF2N5O2. The smallest absolute Gasteiger partial charge is 0.255 e. The Bertz CT molecular complexity index is 1030. The third-order valence-corrected chi connectivity index (χ3v) is 5.42. The van der Waals surface area contributed by atoms with Gasteiger partial charge in [0.25, 0.3) is 5.56 Å². The fraction of sp³-hybridized carbons (Fsp3) is 0.368. The quantitative estimate of drug-likeness (QED) is 0.708. The molecule has 3 heterocycles. The van der Waals surface area contributed by atoms with Gasteiger partial charge in [-0.2, -0.15) is 0 Å². The third kappa shape index (κ3) is 3.92. The summed E-state index contributed by atoms with van der Waals surface area (Å²) in [7, 11) is 1.63. The van der Waals surface area contributed by atoms with Gasteiger partial charge in [-0.1, -0.05) is 0 Å². The summed E-state index contributed by atoms with van der Waals surface area (Å²) in [5, 5.41) is -0.733. The molecule has 2 aliphatic rings. The summed E-state index contributed by atoms with van der Waals surface area (Å²) >= 11 is 6.22. The molecule has 0 bridgehead atoms. The Labute approximate surface area is 170 Å². The number of halogens is 3. The van der Waals surface area contributed by atoms with Crippen LogP contribution in [0.2, 0.25) is 0 Å². The molecule has 1 aliphatic heterocycles. The van der Waals surface area contributed by atoms with Crippen LogP contribution in [-0.2, 0) is 11.8 Å². The Morgan fingerprint density at radius 3 is 2.79 bits per heavy atom. The van der Waals surface area contributed by atoms with Crippen LogP contribution in [0, 0.1) is 5.92 Å². The van der Waals surface area contributed by atoms with E-state index >= 15 is 0 Å². The van der Waals surface area contributed by atoms with Gasteiger partial charge in [0.1, 0.15) is 6.33 Å². The molecule has 152 valence electrons. The normalized spacial score (nSPS) is 24.8. The summed E-state index contributed by atoms with van der Waals surface area (Å²) in [5.74, 6) is -2.01. The molecule has 2 aromatic heterocycles. The van der Waals surface area contributed by atoms with Crippen molar-refractivity contribution in [2.45, 2.75) is 11.5 Å². The first-order valence-electron chi connectivity index (χ1n) is 9.04. The minimum atomic E-state index is -0.962. The van der Waals surface area contributed by atoms with Crippen molar-refractivity contribution in [3.8, 4) is 11.4 Å². The molecular weight excluding hydrogens is 404 g/mol. The van der Waals surface area contributed by atoms with Gasteiger partial charge in [0.05, 0.1) is 29.5 Å². The van der Waals surface area contributed by atoms with E-state index in [9.17, 15) is 13.6 Å². The molecule has 0 N–H and O–H groups in total. The van der Waals surface area contributed by atoms with Crippen LogP contribution in [-0.4, -0.2) is 50.7 Å². The summed E-state index contributed by atoms with van der Waals surface area (Å²) in [6.07, 6.45) is 4.68. The topological polar surface area (TPSA) is 73.1 Å². The lowest BCUT2D eigenvalue weighted by Gasteiger charge is -2.38. The van der Waals surface area contributed by atoms with Crippen molar-refractivity contribution in [1.82, 2.24) is 19.5 Å². The monoisotopic (exact) mass is 421 g/mol. The minimum absolute atomic E-state index is 0.240. The number of allylic oxidation sites excluding steroid dienone is 3. The maximum absolute atomic E-state index is 13.8. The Morgan fingerprint density at radius 2 is 2.03 bits per heavy atom. The average molecular weight is 422 g/mol. The van der Waals surface area contributed by atoms with Crippen LogP contribution in [0.15, 0.2) is 53.3 Å². The molecule has 0 spiro atoms. The van der Waals surface area contributed by atoms with E-state index in [2.05, 4.69) is 15.0 Å². The number of rotatable bonds is 3. The van der Waals surface area contributed by atoms with Gasteiger partial charge in [0.2, 0.25) is 5.95 Å². The number of morpholine rings is 1. The maximum atomic E-state index is 13.8. The van der Waals surface area contributed by atoms with Gasteiger partial charge in [-0.3, -0.25) is 9.36 Å². The van der Waals surface area contributed by atoms with Crippen LogP contribution in [0.25, 0.3) is 11.4 Å². The van der Waals surface area contributed by atoms with Crippen molar-refractivity contribution >= 4 is 17.5 Å². The molecule has 4 rings (SSSR count). The SMILES string of the molecule is Cn1c(N2CCO[C@H](C3C=C(F)C(F)=CC3Cl)C2)nc(-c2ccncn2)cc1=O. The van der Waals surface area contributed by atoms with Crippen LogP contribution in [0.1, 0.15) is 0 Å². The van der Waals surface area contributed by atoms with Gasteiger partial charge in [0.15, 0.2) is 11.7 Å². The molecule has 3 atom stereocenters. The Kier molecular flexibility index (Phi) is 5.42. The molecule has 0 aromatic carbocycles. The number of aromatic nitrogens is 4. The lowest BCUT2D eigenvalue weighted by atomic mass is 9.92. The lowest BCUT2D eigenvalue weighted by molar-refractivity contribution is 0.0139. The van der Waals surface area contributed by atoms with Gasteiger partial charge in [-0.15, -0.1) is 11.6 Å². The van der Waals surface area contributed by atoms with E-state index in [0.717, 1.165) is 12.2 Å². The molecule has 0 amide bonds. The first-order valence-corrected chi connectivity index (χ1v) is 9.48. The van der Waals surface area contributed by atoms with Crippen molar-refractivity contribution in [2.24, 2.45) is 13.0 Å². The zero-order valence-corrected chi connectivity index (χ0v) is 16.3. The predicted molar refractivity (Wildman–Crippen MR) is 104 cm³/mol. The van der Waals surface area contributed by atoms with Crippen molar-refractivity contribution in [1.29, 1.82) is 0 Å². The summed E-state index contributed by atoms with van der Waals surface area (Å²) in [6.45, 7) is 1.14. The summed E-state index contributed by atoms with van der Waals surface area (Å²) in [4.78, 5) is 27.0. The minimum Gasteiger partial charge on any atom is -0.374 e. The van der Waals surface area contributed by atoms with Gasteiger partial charge < -0.3 is 9.64 Å². The zero-order valence-electron chi connectivity index (χ0n) is 15.5. The second-order valence-electron chi connectivity index (χ2n) is 6.84. The number of nitrogens with zero attached hydrogens (tertiary/aromatic N) is 5. The molecule has 1 saturated heterocycles. The van der Waals surface area contributed by atoms with Crippen LogP contribution in [0.3, 0.4) is 0 Å². The number of hydrogen-bond donors (Lipinski definition) is 0. The Morgan fingerprint density at radius 1 is 1.24 bits per heavy atom. The van der Waals surface area contributed by atoms with E-state index in [4.69, 9.17) is 16.3 Å². The van der Waals surface area contributed by atoms with Gasteiger partial charge in [0, 0.05) is 38.3 Å². The first kappa shape index (κ1) is 19.7. The van der Waals surface area contributed by atoms with Crippen molar-refractivity contribution in [3.05, 3.63) is 58.8 Å².